The summed E-state index contributed by atoms with van der Waals surface area (Å²) in [6.07, 6.45) is 0. The van der Waals surface area contributed by atoms with Crippen LogP contribution < -0.4 is 20.1 Å². The Bertz CT molecular complexity index is 805. The fourth-order valence-electron chi connectivity index (χ4n) is 2.40. The summed E-state index contributed by atoms with van der Waals surface area (Å²) in [7, 11) is 0. The summed E-state index contributed by atoms with van der Waals surface area (Å²) in [5.41, 5.74) is 3.58. The van der Waals surface area contributed by atoms with Crippen LogP contribution in [-0.4, -0.2) is 24.2 Å². The lowest BCUT2D eigenvalue weighted by Gasteiger charge is -2.19. The molecule has 6 heteroatoms. The van der Waals surface area contributed by atoms with Crippen molar-refractivity contribution in [1.29, 1.82) is 0 Å². The SMILES string of the molecule is Cc1cccc(NC(=S)NC(=O)c2ccc3c(c2)OCCO3)c1C. The summed E-state index contributed by atoms with van der Waals surface area (Å²) >= 11 is 5.24. The molecule has 1 aliphatic rings. The number of carbonyl (C=O) groups is 1. The van der Waals surface area contributed by atoms with Gasteiger partial charge in [0.05, 0.1) is 0 Å². The van der Waals surface area contributed by atoms with Crippen LogP contribution >= 0.6 is 12.2 Å². The van der Waals surface area contributed by atoms with Crippen LogP contribution in [0.5, 0.6) is 11.5 Å². The maximum absolute atomic E-state index is 12.3. The molecule has 1 aliphatic heterocycles. The largest absolute Gasteiger partial charge is 0.486 e. The van der Waals surface area contributed by atoms with E-state index in [0.717, 1.165) is 16.8 Å². The van der Waals surface area contributed by atoms with Crippen LogP contribution in [-0.2, 0) is 0 Å². The molecule has 0 unspecified atom stereocenters. The minimum absolute atomic E-state index is 0.253. The van der Waals surface area contributed by atoms with Crippen molar-refractivity contribution in [2.75, 3.05) is 18.5 Å². The van der Waals surface area contributed by atoms with E-state index in [1.807, 2.05) is 32.0 Å². The maximum atomic E-state index is 12.3. The molecule has 0 spiro atoms. The highest BCUT2D eigenvalue weighted by Crippen LogP contribution is 2.30. The van der Waals surface area contributed by atoms with Crippen LogP contribution in [0.1, 0.15) is 21.5 Å². The van der Waals surface area contributed by atoms with E-state index in [9.17, 15) is 4.79 Å². The topological polar surface area (TPSA) is 59.6 Å². The van der Waals surface area contributed by atoms with Gasteiger partial charge in [0.15, 0.2) is 16.6 Å². The minimum Gasteiger partial charge on any atom is -0.486 e. The highest BCUT2D eigenvalue weighted by atomic mass is 32.1. The van der Waals surface area contributed by atoms with E-state index in [1.165, 1.54) is 0 Å². The lowest BCUT2D eigenvalue weighted by Crippen LogP contribution is -2.34. The summed E-state index contributed by atoms with van der Waals surface area (Å²) in [4.78, 5) is 12.3. The Hall–Kier alpha value is -2.60. The number of rotatable bonds is 2. The zero-order valence-corrected chi connectivity index (χ0v) is 14.3. The van der Waals surface area contributed by atoms with Gasteiger partial charge in [-0.3, -0.25) is 10.1 Å². The third-order valence-corrected chi connectivity index (χ3v) is 4.09. The zero-order chi connectivity index (χ0) is 17.1. The minimum atomic E-state index is -0.297. The summed E-state index contributed by atoms with van der Waals surface area (Å²) in [6.45, 7) is 5.02. The van der Waals surface area contributed by atoms with Gasteiger partial charge in [0.1, 0.15) is 13.2 Å². The van der Waals surface area contributed by atoms with Crippen LogP contribution in [0, 0.1) is 13.8 Å². The average Bonchev–Trinajstić information content (AvgIpc) is 2.58. The Balaban J connectivity index is 1.68. The van der Waals surface area contributed by atoms with Crippen LogP contribution in [0.2, 0.25) is 0 Å². The van der Waals surface area contributed by atoms with Gasteiger partial charge in [-0.1, -0.05) is 12.1 Å². The van der Waals surface area contributed by atoms with Crippen molar-refractivity contribution in [3.63, 3.8) is 0 Å². The van der Waals surface area contributed by atoms with Gasteiger partial charge in [0.2, 0.25) is 0 Å². The standard InChI is InChI=1S/C18H18N2O3S/c1-11-4-3-5-14(12(11)2)19-18(24)20-17(21)13-6-7-15-16(10-13)23-9-8-22-15/h3-7,10H,8-9H2,1-2H3,(H2,19,20,21,24). The van der Waals surface area contributed by atoms with E-state index in [-0.39, 0.29) is 11.0 Å². The molecule has 1 amide bonds. The van der Waals surface area contributed by atoms with Crippen molar-refractivity contribution in [3.05, 3.63) is 53.1 Å². The number of nitrogens with one attached hydrogen (secondary N) is 2. The second-order valence-corrected chi connectivity index (χ2v) is 5.92. The molecule has 2 aromatic carbocycles. The van der Waals surface area contributed by atoms with Crippen molar-refractivity contribution in [3.8, 4) is 11.5 Å². The van der Waals surface area contributed by atoms with Gasteiger partial charge in [0.25, 0.3) is 5.91 Å². The van der Waals surface area contributed by atoms with Gasteiger partial charge in [-0.05, 0) is 61.5 Å². The molecule has 0 aromatic heterocycles. The number of ether oxygens (including phenoxy) is 2. The molecule has 0 fully saturated rings. The predicted octanol–water partition coefficient (Wildman–Crippen LogP) is 3.20. The first kappa shape index (κ1) is 16.3. The molecule has 3 rings (SSSR count). The Kier molecular flexibility index (Phi) is 4.66. The molecule has 2 aromatic rings. The predicted molar refractivity (Wildman–Crippen MR) is 97.0 cm³/mol. The molecule has 1 heterocycles. The molecule has 0 saturated heterocycles. The highest BCUT2D eigenvalue weighted by Gasteiger charge is 2.15. The number of hydrogen-bond donors (Lipinski definition) is 2. The van der Waals surface area contributed by atoms with Crippen LogP contribution in [0.3, 0.4) is 0 Å². The second kappa shape index (κ2) is 6.88. The first-order valence-corrected chi connectivity index (χ1v) is 8.03. The van der Waals surface area contributed by atoms with E-state index >= 15 is 0 Å². The molecule has 0 aliphatic carbocycles. The van der Waals surface area contributed by atoms with E-state index < -0.39 is 0 Å². The molecule has 0 saturated carbocycles. The Labute approximate surface area is 146 Å². The van der Waals surface area contributed by atoms with Gasteiger partial charge >= 0.3 is 0 Å². The number of amides is 1. The Morgan fingerprint density at radius 3 is 2.62 bits per heavy atom. The smallest absolute Gasteiger partial charge is 0.257 e. The molecule has 5 nitrogen and oxygen atoms in total. The first-order valence-electron chi connectivity index (χ1n) is 7.63. The molecule has 124 valence electrons. The lowest BCUT2D eigenvalue weighted by atomic mass is 10.1. The average molecular weight is 342 g/mol. The van der Waals surface area contributed by atoms with Crippen LogP contribution in [0.4, 0.5) is 5.69 Å². The van der Waals surface area contributed by atoms with Crippen molar-refractivity contribution in [2.45, 2.75) is 13.8 Å². The van der Waals surface area contributed by atoms with Gasteiger partial charge in [-0.2, -0.15) is 0 Å². The number of benzene rings is 2. The van der Waals surface area contributed by atoms with Crippen molar-refractivity contribution < 1.29 is 14.3 Å². The normalized spacial score (nSPS) is 12.4. The van der Waals surface area contributed by atoms with Crippen LogP contribution in [0.15, 0.2) is 36.4 Å². The molecule has 0 atom stereocenters. The van der Waals surface area contributed by atoms with Crippen molar-refractivity contribution >= 4 is 28.9 Å². The lowest BCUT2D eigenvalue weighted by molar-refractivity contribution is 0.0976. The summed E-state index contributed by atoms with van der Waals surface area (Å²) < 4.78 is 10.9. The van der Waals surface area contributed by atoms with E-state index in [4.69, 9.17) is 21.7 Å². The second-order valence-electron chi connectivity index (χ2n) is 5.51. The number of thiocarbonyl (C=S) groups is 1. The zero-order valence-electron chi connectivity index (χ0n) is 13.5. The summed E-state index contributed by atoms with van der Waals surface area (Å²) in [6, 6.07) is 11.0. The van der Waals surface area contributed by atoms with E-state index in [1.54, 1.807) is 18.2 Å². The number of hydrogen-bond acceptors (Lipinski definition) is 4. The highest BCUT2D eigenvalue weighted by molar-refractivity contribution is 7.80. The van der Waals surface area contributed by atoms with Crippen molar-refractivity contribution in [2.24, 2.45) is 0 Å². The number of anilines is 1. The quantitative estimate of drug-likeness (QED) is 0.821. The molecule has 2 N–H and O–H groups in total. The maximum Gasteiger partial charge on any atom is 0.257 e. The van der Waals surface area contributed by atoms with E-state index in [2.05, 4.69) is 10.6 Å². The first-order chi connectivity index (χ1) is 11.5. The van der Waals surface area contributed by atoms with Crippen molar-refractivity contribution in [1.82, 2.24) is 5.32 Å². The van der Waals surface area contributed by atoms with Gasteiger partial charge in [-0.15, -0.1) is 0 Å². The van der Waals surface area contributed by atoms with Gasteiger partial charge in [-0.25, -0.2) is 0 Å². The summed E-state index contributed by atoms with van der Waals surface area (Å²) in [5.74, 6) is 0.922. The van der Waals surface area contributed by atoms with E-state index in [0.29, 0.717) is 30.3 Å². The fourth-order valence-corrected chi connectivity index (χ4v) is 2.60. The molecule has 24 heavy (non-hydrogen) atoms. The van der Waals surface area contributed by atoms with Crippen LogP contribution in [0.25, 0.3) is 0 Å². The molecular formula is C18H18N2O3S. The van der Waals surface area contributed by atoms with Gasteiger partial charge in [0, 0.05) is 11.3 Å². The molecule has 0 radical (unpaired) electrons. The number of fused-ring (bicyclic) bond motifs is 1. The Morgan fingerprint density at radius 2 is 1.83 bits per heavy atom. The monoisotopic (exact) mass is 342 g/mol. The Morgan fingerprint density at radius 1 is 1.08 bits per heavy atom. The third-order valence-electron chi connectivity index (χ3n) is 3.88. The number of carbonyl (C=O) groups excluding carboxylic acids is 1. The summed E-state index contributed by atoms with van der Waals surface area (Å²) in [5, 5.41) is 5.99. The fraction of sp³-hybridized carbons (Fsp3) is 0.222. The molecule has 0 bridgehead atoms. The number of aryl methyl sites for hydroxylation is 1. The van der Waals surface area contributed by atoms with Gasteiger partial charge < -0.3 is 14.8 Å². The third kappa shape index (κ3) is 3.49. The molecular weight excluding hydrogens is 324 g/mol.